The van der Waals surface area contributed by atoms with Crippen molar-refractivity contribution >= 4 is 17.5 Å². The smallest absolute Gasteiger partial charge is 0.271 e. The quantitative estimate of drug-likeness (QED) is 0.696. The minimum absolute atomic E-state index is 0.184. The predicted molar refractivity (Wildman–Crippen MR) is 46.3 cm³/mol. The van der Waals surface area contributed by atoms with Crippen molar-refractivity contribution in [3.8, 4) is 0 Å². The lowest BCUT2D eigenvalue weighted by Gasteiger charge is -1.97. The minimum Gasteiger partial charge on any atom is -0.349 e. The molecule has 0 atom stereocenters. The number of aromatic nitrogens is 2. The summed E-state index contributed by atoms with van der Waals surface area (Å²) in [6.07, 6.45) is 3.24. The van der Waals surface area contributed by atoms with Crippen LogP contribution in [0.4, 0.5) is 0 Å². The average molecular weight is 188 g/mol. The summed E-state index contributed by atoms with van der Waals surface area (Å²) < 4.78 is 1.72. The van der Waals surface area contributed by atoms with E-state index >= 15 is 0 Å². The number of hydrogen-bond acceptors (Lipinski definition) is 2. The molecule has 0 aromatic carbocycles. The van der Waals surface area contributed by atoms with Crippen LogP contribution in [0.1, 0.15) is 10.5 Å². The summed E-state index contributed by atoms with van der Waals surface area (Å²) in [5, 5.41) is 2.62. The Morgan fingerprint density at radius 3 is 3.08 bits per heavy atom. The van der Waals surface area contributed by atoms with Gasteiger partial charge in [-0.15, -0.1) is 11.6 Å². The summed E-state index contributed by atoms with van der Waals surface area (Å²) in [5.41, 5.74) is 0.419. The second-order valence-corrected chi connectivity index (χ2v) is 2.75. The topological polar surface area (TPSA) is 46.9 Å². The molecule has 1 aromatic heterocycles. The summed E-state index contributed by atoms with van der Waals surface area (Å²) in [5.74, 6) is 0.231. The number of carbonyl (C=O) groups is 1. The number of carbonyl (C=O) groups excluding carboxylic acids is 1. The predicted octanol–water partition coefficient (Wildman–Crippen LogP) is 0.389. The van der Waals surface area contributed by atoms with Crippen molar-refractivity contribution in [1.82, 2.24) is 14.9 Å². The fourth-order valence-corrected chi connectivity index (χ4v) is 0.876. The van der Waals surface area contributed by atoms with Gasteiger partial charge in [0.2, 0.25) is 0 Å². The third-order valence-electron chi connectivity index (χ3n) is 1.32. The van der Waals surface area contributed by atoms with Gasteiger partial charge in [-0.25, -0.2) is 4.98 Å². The van der Waals surface area contributed by atoms with Crippen molar-refractivity contribution in [2.45, 2.75) is 0 Å². The Bertz CT molecular complexity index is 271. The van der Waals surface area contributed by atoms with E-state index in [1.807, 2.05) is 7.05 Å². The van der Waals surface area contributed by atoms with Crippen LogP contribution in [-0.4, -0.2) is 27.9 Å². The first-order valence-corrected chi connectivity index (χ1v) is 4.09. The van der Waals surface area contributed by atoms with Crippen molar-refractivity contribution < 1.29 is 4.79 Å². The summed E-state index contributed by atoms with van der Waals surface area (Å²) in [7, 11) is 1.81. The fourth-order valence-electron chi connectivity index (χ4n) is 0.781. The normalized spacial score (nSPS) is 9.83. The highest BCUT2D eigenvalue weighted by molar-refractivity contribution is 6.18. The first kappa shape index (κ1) is 9.06. The maximum absolute atomic E-state index is 11.2. The van der Waals surface area contributed by atoms with E-state index in [-0.39, 0.29) is 5.91 Å². The number of nitrogens with zero attached hydrogens (tertiary/aromatic N) is 2. The molecule has 0 bridgehead atoms. The van der Waals surface area contributed by atoms with Gasteiger partial charge in [0.05, 0.1) is 6.33 Å². The Kier molecular flexibility index (Phi) is 3.10. The molecule has 0 aliphatic heterocycles. The lowest BCUT2D eigenvalue weighted by molar-refractivity contribution is 0.0951. The Balaban J connectivity index is 2.53. The monoisotopic (exact) mass is 187 g/mol. The summed E-state index contributed by atoms with van der Waals surface area (Å²) in [4.78, 5) is 15.0. The zero-order chi connectivity index (χ0) is 8.97. The van der Waals surface area contributed by atoms with Gasteiger partial charge in [0.15, 0.2) is 0 Å². The molecule has 0 fully saturated rings. The highest BCUT2D eigenvalue weighted by Gasteiger charge is 2.06. The average Bonchev–Trinajstić information content (AvgIpc) is 2.47. The maximum Gasteiger partial charge on any atom is 0.271 e. The molecule has 0 aliphatic rings. The van der Waals surface area contributed by atoms with Gasteiger partial charge >= 0.3 is 0 Å². The second-order valence-electron chi connectivity index (χ2n) is 2.37. The minimum atomic E-state index is -0.184. The number of imidazole rings is 1. The Labute approximate surface area is 75.5 Å². The number of rotatable bonds is 3. The zero-order valence-electron chi connectivity index (χ0n) is 6.75. The number of amides is 1. The van der Waals surface area contributed by atoms with Crippen molar-refractivity contribution in [1.29, 1.82) is 0 Å². The third kappa shape index (κ3) is 2.23. The zero-order valence-corrected chi connectivity index (χ0v) is 7.51. The van der Waals surface area contributed by atoms with Crippen LogP contribution in [0, 0.1) is 0 Å². The standard InChI is InChI=1S/C7H10ClN3O/c1-11-4-6(10-5-11)7(12)9-3-2-8/h4-5H,2-3H2,1H3,(H,9,12). The van der Waals surface area contributed by atoms with E-state index in [0.717, 1.165) is 0 Å². The number of hydrogen-bond donors (Lipinski definition) is 1. The number of alkyl halides is 1. The van der Waals surface area contributed by atoms with Crippen LogP contribution in [0.3, 0.4) is 0 Å². The number of aryl methyl sites for hydroxylation is 1. The molecule has 0 aliphatic carbocycles. The van der Waals surface area contributed by atoms with E-state index in [9.17, 15) is 4.79 Å². The van der Waals surface area contributed by atoms with Gasteiger partial charge < -0.3 is 9.88 Å². The summed E-state index contributed by atoms with van der Waals surface area (Å²) in [6, 6.07) is 0. The van der Waals surface area contributed by atoms with Crippen LogP contribution in [0.15, 0.2) is 12.5 Å². The highest BCUT2D eigenvalue weighted by atomic mass is 35.5. The van der Waals surface area contributed by atoms with Crippen LogP contribution in [0.25, 0.3) is 0 Å². The van der Waals surface area contributed by atoms with Gasteiger partial charge in [0.1, 0.15) is 5.69 Å². The van der Waals surface area contributed by atoms with E-state index in [0.29, 0.717) is 18.1 Å². The molecule has 1 amide bonds. The van der Waals surface area contributed by atoms with Crippen molar-refractivity contribution in [3.63, 3.8) is 0 Å². The second kappa shape index (κ2) is 4.11. The Morgan fingerprint density at radius 2 is 2.58 bits per heavy atom. The van der Waals surface area contributed by atoms with E-state index in [4.69, 9.17) is 11.6 Å². The third-order valence-corrected chi connectivity index (χ3v) is 1.51. The maximum atomic E-state index is 11.2. The molecule has 1 rings (SSSR count). The molecule has 12 heavy (non-hydrogen) atoms. The van der Waals surface area contributed by atoms with Gasteiger partial charge in [-0.3, -0.25) is 4.79 Å². The molecule has 1 heterocycles. The van der Waals surface area contributed by atoms with Crippen LogP contribution in [0.2, 0.25) is 0 Å². The van der Waals surface area contributed by atoms with E-state index < -0.39 is 0 Å². The lowest BCUT2D eigenvalue weighted by Crippen LogP contribution is -2.25. The van der Waals surface area contributed by atoms with Crippen molar-refractivity contribution in [2.75, 3.05) is 12.4 Å². The molecule has 0 saturated heterocycles. The van der Waals surface area contributed by atoms with E-state index in [1.54, 1.807) is 17.1 Å². The largest absolute Gasteiger partial charge is 0.349 e. The SMILES string of the molecule is Cn1cnc(C(=O)NCCCl)c1. The van der Waals surface area contributed by atoms with Crippen LogP contribution >= 0.6 is 11.6 Å². The van der Waals surface area contributed by atoms with E-state index in [1.165, 1.54) is 0 Å². The first-order chi connectivity index (χ1) is 5.74. The summed E-state index contributed by atoms with van der Waals surface area (Å²) in [6.45, 7) is 0.469. The molecule has 1 N–H and O–H groups in total. The summed E-state index contributed by atoms with van der Waals surface area (Å²) >= 11 is 5.40. The molecule has 0 spiro atoms. The van der Waals surface area contributed by atoms with Gasteiger partial charge in [-0.2, -0.15) is 0 Å². The van der Waals surface area contributed by atoms with Crippen molar-refractivity contribution in [3.05, 3.63) is 18.2 Å². The van der Waals surface area contributed by atoms with Crippen LogP contribution in [0.5, 0.6) is 0 Å². The van der Waals surface area contributed by atoms with E-state index in [2.05, 4.69) is 10.3 Å². The first-order valence-electron chi connectivity index (χ1n) is 3.56. The molecule has 5 heteroatoms. The van der Waals surface area contributed by atoms with Gasteiger partial charge in [-0.05, 0) is 0 Å². The van der Waals surface area contributed by atoms with Crippen molar-refractivity contribution in [2.24, 2.45) is 7.05 Å². The molecular formula is C7H10ClN3O. The van der Waals surface area contributed by atoms with Gasteiger partial charge in [0.25, 0.3) is 5.91 Å². The Hall–Kier alpha value is -1.03. The number of nitrogens with one attached hydrogen (secondary N) is 1. The van der Waals surface area contributed by atoms with Crippen LogP contribution < -0.4 is 5.32 Å². The highest BCUT2D eigenvalue weighted by Crippen LogP contribution is 1.92. The van der Waals surface area contributed by atoms with Gasteiger partial charge in [0, 0.05) is 25.7 Å². The Morgan fingerprint density at radius 1 is 1.83 bits per heavy atom. The fraction of sp³-hybridized carbons (Fsp3) is 0.429. The van der Waals surface area contributed by atoms with Crippen LogP contribution in [-0.2, 0) is 7.05 Å². The molecule has 1 aromatic rings. The number of halogens is 1. The molecular weight excluding hydrogens is 178 g/mol. The molecule has 4 nitrogen and oxygen atoms in total. The lowest BCUT2D eigenvalue weighted by atomic mass is 10.4. The molecule has 66 valence electrons. The molecule has 0 saturated carbocycles. The van der Waals surface area contributed by atoms with Gasteiger partial charge in [-0.1, -0.05) is 0 Å². The molecule has 0 unspecified atom stereocenters. The molecule has 0 radical (unpaired) electrons.